The van der Waals surface area contributed by atoms with Crippen LogP contribution in [-0.2, 0) is 6.42 Å². The largest absolute Gasteiger partial charge is 0.372 e. The van der Waals surface area contributed by atoms with E-state index in [2.05, 4.69) is 67.3 Å². The van der Waals surface area contributed by atoms with Crippen molar-refractivity contribution in [3.8, 4) is 0 Å². The zero-order valence-electron chi connectivity index (χ0n) is 13.2. The Kier molecular flexibility index (Phi) is 4.28. The van der Waals surface area contributed by atoms with E-state index in [1.807, 2.05) is 0 Å². The van der Waals surface area contributed by atoms with Crippen molar-refractivity contribution in [2.24, 2.45) is 5.92 Å². The first-order valence-corrected chi connectivity index (χ1v) is 8.08. The third-order valence-electron chi connectivity index (χ3n) is 4.66. The Bertz CT molecular complexity index is 560. The van der Waals surface area contributed by atoms with Gasteiger partial charge in [-0.2, -0.15) is 0 Å². The third kappa shape index (κ3) is 3.66. The van der Waals surface area contributed by atoms with Crippen molar-refractivity contribution in [1.82, 2.24) is 0 Å². The van der Waals surface area contributed by atoms with Gasteiger partial charge in [0.05, 0.1) is 0 Å². The van der Waals surface area contributed by atoms with Gasteiger partial charge in [0.15, 0.2) is 0 Å². The Morgan fingerprint density at radius 2 is 1.33 bits per heavy atom. The average molecular weight is 279 g/mol. The summed E-state index contributed by atoms with van der Waals surface area (Å²) in [5.74, 6) is 0.842. The fourth-order valence-corrected chi connectivity index (χ4v) is 3.21. The molecule has 1 nitrogen and oxygen atoms in total. The summed E-state index contributed by atoms with van der Waals surface area (Å²) >= 11 is 0. The summed E-state index contributed by atoms with van der Waals surface area (Å²) in [7, 11) is 0. The van der Waals surface area contributed by atoms with Crippen LogP contribution in [0.5, 0.6) is 0 Å². The maximum Gasteiger partial charge on any atom is 0.0366 e. The molecule has 0 bridgehead atoms. The maximum atomic E-state index is 2.53. The van der Waals surface area contributed by atoms with Crippen LogP contribution in [0.2, 0.25) is 0 Å². The van der Waals surface area contributed by atoms with Crippen LogP contribution in [0.15, 0.2) is 48.5 Å². The summed E-state index contributed by atoms with van der Waals surface area (Å²) in [6.07, 6.45) is 3.85. The van der Waals surface area contributed by atoms with Crippen LogP contribution in [0.25, 0.3) is 0 Å². The third-order valence-corrected chi connectivity index (χ3v) is 4.66. The first-order chi connectivity index (χ1) is 10.2. The molecular weight excluding hydrogens is 254 g/mol. The molecule has 21 heavy (non-hydrogen) atoms. The van der Waals surface area contributed by atoms with E-state index in [9.17, 15) is 0 Å². The van der Waals surface area contributed by atoms with Gasteiger partial charge in [-0.1, -0.05) is 47.5 Å². The molecule has 1 aliphatic rings. The van der Waals surface area contributed by atoms with Crippen molar-refractivity contribution in [2.75, 3.05) is 18.0 Å². The number of hydrogen-bond acceptors (Lipinski definition) is 1. The zero-order valence-corrected chi connectivity index (χ0v) is 13.2. The Morgan fingerprint density at radius 1 is 0.810 bits per heavy atom. The van der Waals surface area contributed by atoms with E-state index < -0.39 is 0 Å². The van der Waals surface area contributed by atoms with Crippen LogP contribution in [0.4, 0.5) is 5.69 Å². The minimum Gasteiger partial charge on any atom is -0.372 e. The monoisotopic (exact) mass is 279 g/mol. The summed E-state index contributed by atoms with van der Waals surface area (Å²) in [4.78, 5) is 2.53. The van der Waals surface area contributed by atoms with Crippen LogP contribution >= 0.6 is 0 Å². The van der Waals surface area contributed by atoms with Crippen LogP contribution in [0.1, 0.15) is 29.5 Å². The molecule has 0 spiro atoms. The average Bonchev–Trinajstić information content (AvgIpc) is 2.51. The van der Waals surface area contributed by atoms with E-state index in [0.717, 1.165) is 5.92 Å². The molecular formula is C20H25N. The van der Waals surface area contributed by atoms with Crippen LogP contribution in [0, 0.1) is 19.8 Å². The smallest absolute Gasteiger partial charge is 0.0366 e. The van der Waals surface area contributed by atoms with Gasteiger partial charge in [0.25, 0.3) is 0 Å². The van der Waals surface area contributed by atoms with Gasteiger partial charge in [0.1, 0.15) is 0 Å². The van der Waals surface area contributed by atoms with E-state index in [0.29, 0.717) is 0 Å². The highest BCUT2D eigenvalue weighted by Crippen LogP contribution is 2.26. The van der Waals surface area contributed by atoms with Crippen LogP contribution in [-0.4, -0.2) is 13.1 Å². The SMILES string of the molecule is Cc1ccc(CC2CCN(c3ccc(C)cc3)CC2)cc1. The molecule has 0 N–H and O–H groups in total. The molecule has 3 rings (SSSR count). The number of rotatable bonds is 3. The predicted molar refractivity (Wildman–Crippen MR) is 91.0 cm³/mol. The molecule has 0 amide bonds. The number of benzene rings is 2. The van der Waals surface area contributed by atoms with E-state index in [1.54, 1.807) is 0 Å². The molecule has 0 aliphatic carbocycles. The van der Waals surface area contributed by atoms with Crippen molar-refractivity contribution in [3.63, 3.8) is 0 Å². The number of anilines is 1. The van der Waals surface area contributed by atoms with Gasteiger partial charge < -0.3 is 4.90 Å². The second-order valence-corrected chi connectivity index (χ2v) is 6.46. The lowest BCUT2D eigenvalue weighted by atomic mass is 9.89. The first-order valence-electron chi connectivity index (χ1n) is 8.08. The van der Waals surface area contributed by atoms with Crippen molar-refractivity contribution in [2.45, 2.75) is 33.1 Å². The highest BCUT2D eigenvalue weighted by Gasteiger charge is 2.19. The van der Waals surface area contributed by atoms with Gasteiger partial charge in [0, 0.05) is 18.8 Å². The molecule has 0 atom stereocenters. The highest BCUT2D eigenvalue weighted by molar-refractivity contribution is 5.47. The lowest BCUT2D eigenvalue weighted by Gasteiger charge is -2.33. The molecule has 0 radical (unpaired) electrons. The van der Waals surface area contributed by atoms with Crippen LogP contribution in [0.3, 0.4) is 0 Å². The Labute approximate surface area is 128 Å². The Morgan fingerprint density at radius 3 is 1.90 bits per heavy atom. The second-order valence-electron chi connectivity index (χ2n) is 6.46. The fourth-order valence-electron chi connectivity index (χ4n) is 3.21. The summed E-state index contributed by atoms with van der Waals surface area (Å²) in [6, 6.07) is 18.0. The highest BCUT2D eigenvalue weighted by atomic mass is 15.1. The summed E-state index contributed by atoms with van der Waals surface area (Å²) in [5.41, 5.74) is 5.57. The van der Waals surface area contributed by atoms with Gasteiger partial charge in [-0.05, 0) is 56.7 Å². The maximum absolute atomic E-state index is 2.53. The minimum absolute atomic E-state index is 0.842. The lowest BCUT2D eigenvalue weighted by Crippen LogP contribution is -2.34. The van der Waals surface area contributed by atoms with Gasteiger partial charge in [0.2, 0.25) is 0 Å². The summed E-state index contributed by atoms with van der Waals surface area (Å²) in [5, 5.41) is 0. The van der Waals surface area contributed by atoms with E-state index >= 15 is 0 Å². The Hall–Kier alpha value is -1.76. The standard InChI is InChI=1S/C20H25N/c1-16-3-7-18(8-4-16)15-19-11-13-21(14-12-19)20-9-5-17(2)6-10-20/h3-10,19H,11-15H2,1-2H3. The van der Waals surface area contributed by atoms with Gasteiger partial charge in [-0.15, -0.1) is 0 Å². The lowest BCUT2D eigenvalue weighted by molar-refractivity contribution is 0.404. The summed E-state index contributed by atoms with van der Waals surface area (Å²) < 4.78 is 0. The second kappa shape index (κ2) is 6.34. The number of aryl methyl sites for hydroxylation is 2. The minimum atomic E-state index is 0.842. The molecule has 110 valence electrons. The molecule has 1 fully saturated rings. The molecule has 0 saturated carbocycles. The predicted octanol–water partition coefficient (Wildman–Crippen LogP) is 4.76. The zero-order chi connectivity index (χ0) is 14.7. The molecule has 0 unspecified atom stereocenters. The number of nitrogens with zero attached hydrogens (tertiary/aromatic N) is 1. The van der Waals surface area contributed by atoms with Gasteiger partial charge in [-0.3, -0.25) is 0 Å². The van der Waals surface area contributed by atoms with Crippen molar-refractivity contribution in [3.05, 3.63) is 65.2 Å². The fraction of sp³-hybridized carbons (Fsp3) is 0.400. The van der Waals surface area contributed by atoms with E-state index in [1.165, 1.54) is 54.7 Å². The number of hydrogen-bond donors (Lipinski definition) is 0. The topological polar surface area (TPSA) is 3.24 Å². The van der Waals surface area contributed by atoms with Crippen molar-refractivity contribution < 1.29 is 0 Å². The van der Waals surface area contributed by atoms with Gasteiger partial charge in [-0.25, -0.2) is 0 Å². The normalized spacial score (nSPS) is 16.2. The Balaban J connectivity index is 1.55. The van der Waals surface area contributed by atoms with E-state index in [4.69, 9.17) is 0 Å². The summed E-state index contributed by atoms with van der Waals surface area (Å²) in [6.45, 7) is 6.70. The molecule has 1 heterocycles. The molecule has 1 aliphatic heterocycles. The molecule has 2 aromatic rings. The van der Waals surface area contributed by atoms with Crippen LogP contribution < -0.4 is 4.90 Å². The van der Waals surface area contributed by atoms with Gasteiger partial charge >= 0.3 is 0 Å². The van der Waals surface area contributed by atoms with E-state index in [-0.39, 0.29) is 0 Å². The first kappa shape index (κ1) is 14.2. The molecule has 0 aromatic heterocycles. The van der Waals surface area contributed by atoms with Crippen molar-refractivity contribution in [1.29, 1.82) is 0 Å². The molecule has 1 heteroatoms. The van der Waals surface area contributed by atoms with Crippen molar-refractivity contribution >= 4 is 5.69 Å². The molecule has 2 aromatic carbocycles. The molecule has 1 saturated heterocycles. The quantitative estimate of drug-likeness (QED) is 0.783. The number of piperidine rings is 1.